The maximum atomic E-state index is 14.2. The number of hydrogen-bond donors (Lipinski definition) is 2. The second-order valence-corrected chi connectivity index (χ2v) is 13.0. The van der Waals surface area contributed by atoms with Crippen molar-refractivity contribution >= 4 is 0 Å². The monoisotopic (exact) mass is 454 g/mol. The van der Waals surface area contributed by atoms with Crippen LogP contribution in [0.1, 0.15) is 105 Å². The highest BCUT2D eigenvalue weighted by Gasteiger charge is 2.63. The number of rotatable bonds is 6. The van der Waals surface area contributed by atoms with Crippen LogP contribution in [0, 0.1) is 52.3 Å². The minimum absolute atomic E-state index is 0.0200. The van der Waals surface area contributed by atoms with Crippen LogP contribution in [-0.2, 0) is 0 Å². The van der Waals surface area contributed by atoms with E-state index in [1.807, 2.05) is 0 Å². The third-order valence-electron chi connectivity index (χ3n) is 11.8. The molecule has 32 heavy (non-hydrogen) atoms. The van der Waals surface area contributed by atoms with E-state index >= 15 is 0 Å². The molecule has 4 aliphatic rings. The molecule has 0 aliphatic heterocycles. The van der Waals surface area contributed by atoms with E-state index in [0.717, 1.165) is 32.1 Å². The van der Waals surface area contributed by atoms with Crippen molar-refractivity contribution in [2.75, 3.05) is 6.61 Å². The minimum atomic E-state index is -2.53. The Labute approximate surface area is 194 Å². The van der Waals surface area contributed by atoms with Crippen molar-refractivity contribution in [3.8, 4) is 0 Å². The number of alkyl halides is 2. The second-order valence-electron chi connectivity index (χ2n) is 13.0. The largest absolute Gasteiger partial charge is 0.396 e. The van der Waals surface area contributed by atoms with E-state index in [4.69, 9.17) is 0 Å². The molecule has 0 aromatic heterocycles. The van der Waals surface area contributed by atoms with Crippen LogP contribution in [0.5, 0.6) is 0 Å². The van der Waals surface area contributed by atoms with Crippen LogP contribution in [0.4, 0.5) is 8.78 Å². The molecule has 0 amide bonds. The fraction of sp³-hybridized carbons (Fsp3) is 1.00. The van der Waals surface area contributed by atoms with Crippen molar-refractivity contribution in [2.24, 2.45) is 52.3 Å². The predicted molar refractivity (Wildman–Crippen MR) is 125 cm³/mol. The van der Waals surface area contributed by atoms with Crippen LogP contribution < -0.4 is 0 Å². The Balaban J connectivity index is 1.55. The molecule has 186 valence electrons. The quantitative estimate of drug-likeness (QED) is 0.450. The second kappa shape index (κ2) is 8.47. The normalized spacial score (nSPS) is 49.8. The molecule has 10 atom stereocenters. The van der Waals surface area contributed by atoms with Gasteiger partial charge in [-0.2, -0.15) is 0 Å². The average molecular weight is 455 g/mol. The number of halogens is 2. The van der Waals surface area contributed by atoms with E-state index in [1.165, 1.54) is 25.7 Å². The fourth-order valence-electron chi connectivity index (χ4n) is 9.90. The van der Waals surface area contributed by atoms with Crippen molar-refractivity contribution in [1.82, 2.24) is 0 Å². The summed E-state index contributed by atoms with van der Waals surface area (Å²) in [5, 5.41) is 21.4. The van der Waals surface area contributed by atoms with Crippen LogP contribution >= 0.6 is 0 Å². The molecule has 0 radical (unpaired) electrons. The van der Waals surface area contributed by atoms with Crippen LogP contribution in [0.15, 0.2) is 0 Å². The molecule has 2 nitrogen and oxygen atoms in total. The number of fused-ring (bicyclic) bond motifs is 5. The summed E-state index contributed by atoms with van der Waals surface area (Å²) < 4.78 is 28.5. The van der Waals surface area contributed by atoms with Crippen LogP contribution in [-0.4, -0.2) is 28.3 Å². The molecule has 4 heteroatoms. The highest BCUT2D eigenvalue weighted by Crippen LogP contribution is 2.69. The SMILES string of the molecule is CCC(F)(F)C[C@@H](C)[C@H]1CC[C@H]2[C@@H]3CC[C@H]4C[C@](O)(CC)[C@@H](CO)C[C@]4(C)[C@H]3CC[C@]12C. The Morgan fingerprint density at radius 2 is 1.66 bits per heavy atom. The lowest BCUT2D eigenvalue weighted by Gasteiger charge is -2.63. The molecule has 0 aromatic carbocycles. The molecule has 0 heterocycles. The van der Waals surface area contributed by atoms with E-state index in [2.05, 4.69) is 27.7 Å². The lowest BCUT2D eigenvalue weighted by molar-refractivity contribution is -0.184. The van der Waals surface area contributed by atoms with E-state index in [0.29, 0.717) is 29.6 Å². The molecular formula is C28H48F2O2. The van der Waals surface area contributed by atoms with Crippen molar-refractivity contribution in [3.63, 3.8) is 0 Å². The fourth-order valence-corrected chi connectivity index (χ4v) is 9.90. The van der Waals surface area contributed by atoms with Gasteiger partial charge in [0.25, 0.3) is 0 Å². The van der Waals surface area contributed by atoms with Crippen molar-refractivity contribution in [3.05, 3.63) is 0 Å². The van der Waals surface area contributed by atoms with Gasteiger partial charge >= 0.3 is 0 Å². The highest BCUT2D eigenvalue weighted by atomic mass is 19.3. The first-order valence-corrected chi connectivity index (χ1v) is 13.6. The molecule has 0 saturated heterocycles. The molecule has 2 N–H and O–H groups in total. The molecular weight excluding hydrogens is 406 g/mol. The van der Waals surface area contributed by atoms with E-state index in [-0.39, 0.29) is 42.1 Å². The molecule has 0 aromatic rings. The first kappa shape index (κ1) is 24.9. The van der Waals surface area contributed by atoms with Gasteiger partial charge in [-0.05, 0) is 104 Å². The molecule has 0 spiro atoms. The molecule has 4 rings (SSSR count). The number of aliphatic hydroxyl groups is 2. The zero-order valence-electron chi connectivity index (χ0n) is 21.2. The summed E-state index contributed by atoms with van der Waals surface area (Å²) in [4.78, 5) is 0. The molecule has 0 bridgehead atoms. The van der Waals surface area contributed by atoms with Crippen LogP contribution in [0.2, 0.25) is 0 Å². The number of hydrogen-bond acceptors (Lipinski definition) is 2. The van der Waals surface area contributed by atoms with E-state index < -0.39 is 11.5 Å². The third kappa shape index (κ3) is 3.78. The maximum Gasteiger partial charge on any atom is 0.248 e. The molecule has 0 unspecified atom stereocenters. The Hall–Kier alpha value is -0.220. The zero-order valence-corrected chi connectivity index (χ0v) is 21.2. The lowest BCUT2D eigenvalue weighted by Crippen LogP contribution is -2.59. The van der Waals surface area contributed by atoms with E-state index in [1.54, 1.807) is 6.92 Å². The Bertz CT molecular complexity index is 682. The summed E-state index contributed by atoms with van der Waals surface area (Å²) in [6.45, 7) is 10.7. The highest BCUT2D eigenvalue weighted by molar-refractivity contribution is 5.12. The van der Waals surface area contributed by atoms with E-state index in [9.17, 15) is 19.0 Å². The summed E-state index contributed by atoms with van der Waals surface area (Å²) in [6, 6.07) is 0. The third-order valence-corrected chi connectivity index (χ3v) is 11.8. The predicted octanol–water partition coefficient (Wildman–Crippen LogP) is 7.08. The van der Waals surface area contributed by atoms with Crippen molar-refractivity contribution < 1.29 is 19.0 Å². The van der Waals surface area contributed by atoms with Gasteiger partial charge in [-0.1, -0.05) is 34.6 Å². The smallest absolute Gasteiger partial charge is 0.248 e. The van der Waals surface area contributed by atoms with Crippen LogP contribution in [0.25, 0.3) is 0 Å². The summed E-state index contributed by atoms with van der Waals surface area (Å²) in [7, 11) is 0. The van der Waals surface area contributed by atoms with Crippen molar-refractivity contribution in [2.45, 2.75) is 117 Å². The minimum Gasteiger partial charge on any atom is -0.396 e. The first-order chi connectivity index (χ1) is 14.9. The molecule has 4 aliphatic carbocycles. The van der Waals surface area contributed by atoms with Gasteiger partial charge in [-0.15, -0.1) is 0 Å². The van der Waals surface area contributed by atoms with Crippen molar-refractivity contribution in [1.29, 1.82) is 0 Å². The van der Waals surface area contributed by atoms with Crippen LogP contribution in [0.3, 0.4) is 0 Å². The number of aliphatic hydroxyl groups excluding tert-OH is 1. The zero-order chi connectivity index (χ0) is 23.5. The summed E-state index contributed by atoms with van der Waals surface area (Å²) >= 11 is 0. The maximum absolute atomic E-state index is 14.2. The van der Waals surface area contributed by atoms with Gasteiger partial charge in [0.1, 0.15) is 0 Å². The first-order valence-electron chi connectivity index (χ1n) is 13.6. The molecule has 4 fully saturated rings. The van der Waals surface area contributed by atoms with Gasteiger partial charge in [0, 0.05) is 25.4 Å². The molecule has 4 saturated carbocycles. The van der Waals surface area contributed by atoms with Gasteiger partial charge in [0.2, 0.25) is 5.92 Å². The lowest BCUT2D eigenvalue weighted by atomic mass is 9.42. The average Bonchev–Trinajstić information content (AvgIpc) is 3.11. The van der Waals surface area contributed by atoms with Gasteiger partial charge < -0.3 is 10.2 Å². The van der Waals surface area contributed by atoms with Gasteiger partial charge in [-0.25, -0.2) is 8.78 Å². The Kier molecular flexibility index (Phi) is 6.59. The topological polar surface area (TPSA) is 40.5 Å². The summed E-state index contributed by atoms with van der Waals surface area (Å²) in [5.41, 5.74) is -0.325. The summed E-state index contributed by atoms with van der Waals surface area (Å²) in [5.74, 6) is 0.477. The Morgan fingerprint density at radius 1 is 0.969 bits per heavy atom. The van der Waals surface area contributed by atoms with Gasteiger partial charge in [0.15, 0.2) is 0 Å². The van der Waals surface area contributed by atoms with Gasteiger partial charge in [-0.3, -0.25) is 0 Å². The van der Waals surface area contributed by atoms with Gasteiger partial charge in [0.05, 0.1) is 5.60 Å². The standard InChI is InChI=1S/C28H48F2O2/c1-6-27(32)16-19-8-9-21-23-11-10-22(18(3)14-28(29,30)7-2)25(23,4)13-12-24(21)26(19,5)15-20(27)17-31/h18-24,31-32H,6-17H2,1-5H3/t18-,19+,20-,21+,22-,23+,24+,25-,26+,27-/m1/s1. The Morgan fingerprint density at radius 3 is 2.28 bits per heavy atom. The summed E-state index contributed by atoms with van der Waals surface area (Å²) in [6.07, 6.45) is 9.57.